The molecule has 1 aromatic carbocycles. The lowest BCUT2D eigenvalue weighted by atomic mass is 9.87. The highest BCUT2D eigenvalue weighted by Crippen LogP contribution is 2.61. The number of H-pyrrole nitrogens is 1. The molecule has 1 aliphatic rings. The second-order valence-corrected chi connectivity index (χ2v) is 19.2. The number of para-hydroxylation sites is 1. The standard InChI is InChI=1S/C32H43N8O17P3S/c1-32(2,27(44)30(45)35-10-9-22(41)34-11-12-61-23(42)8-7-19-13-18-5-3-4-6-20(18)39-19)15-54-60(51,52)57-59(49,50)53-14-21-26(56-58(46,47)48)25(43)31(55-21)40-17-38-24-28(33)36-16-37-29(24)40/h3-8,13,16-17,21,25-27,31,39,43-44H,9-12,14-15H2,1-2H3,(H,34,41)(H,35,45)(H,49,50)(H,51,52)(H2,33,36,37)(H2,46,47,48)/t21-,25-,26-,27?,31-/m1/s1. The number of nitrogens with one attached hydrogen (secondary N) is 3. The second kappa shape index (κ2) is 20.1. The molecule has 5 rings (SSSR count). The zero-order chi connectivity index (χ0) is 44.8. The van der Waals surface area contributed by atoms with Crippen LogP contribution in [0.1, 0.15) is 32.2 Å². The fraction of sp³-hybridized carbons (Fsp3) is 0.438. The van der Waals surface area contributed by atoms with Gasteiger partial charge in [-0.25, -0.2) is 28.6 Å². The van der Waals surface area contributed by atoms with Crippen LogP contribution in [0.25, 0.3) is 28.1 Å². The van der Waals surface area contributed by atoms with Gasteiger partial charge in [0.15, 0.2) is 17.7 Å². The van der Waals surface area contributed by atoms with Gasteiger partial charge in [0.2, 0.25) is 16.9 Å². The molecule has 1 aliphatic heterocycles. The van der Waals surface area contributed by atoms with Gasteiger partial charge in [-0.2, -0.15) is 4.31 Å². The van der Waals surface area contributed by atoms with E-state index in [1.165, 1.54) is 19.9 Å². The number of phosphoric acid groups is 3. The van der Waals surface area contributed by atoms with Crippen molar-refractivity contribution in [3.05, 3.63) is 54.8 Å². The third-order valence-corrected chi connectivity index (χ3v) is 12.6. The first-order valence-electron chi connectivity index (χ1n) is 17.9. The van der Waals surface area contributed by atoms with Crippen LogP contribution in [-0.4, -0.2) is 128 Å². The quantitative estimate of drug-likeness (QED) is 0.0314. The molecule has 61 heavy (non-hydrogen) atoms. The SMILES string of the molecule is CC(C)(COP(=O)(O)OP(=O)(O)OC[C@H]1O[C@@H](n2cnc3c(N)ncnc32)[C@H](O)[C@@H]1OP(=O)(O)O)C(O)C(=O)NCCC(=O)NCCSC(=O)C=Cc1cc2ccccc2[nH]1. The van der Waals surface area contributed by atoms with Gasteiger partial charge in [-0.1, -0.05) is 43.8 Å². The monoisotopic (exact) mass is 936 g/mol. The number of aliphatic hydroxyl groups excluding tert-OH is 2. The second-order valence-electron chi connectivity index (χ2n) is 13.9. The van der Waals surface area contributed by atoms with Crippen molar-refractivity contribution in [1.82, 2.24) is 35.1 Å². The van der Waals surface area contributed by atoms with E-state index in [0.29, 0.717) is 0 Å². The summed E-state index contributed by atoms with van der Waals surface area (Å²) in [6, 6.07) is 9.57. The Labute approximate surface area is 349 Å². The van der Waals surface area contributed by atoms with E-state index >= 15 is 0 Å². The zero-order valence-corrected chi connectivity index (χ0v) is 35.6. The number of aliphatic hydroxyl groups is 2. The molecule has 4 heterocycles. The van der Waals surface area contributed by atoms with Crippen molar-refractivity contribution in [2.75, 3.05) is 37.8 Å². The number of thioether (sulfide) groups is 1. The zero-order valence-electron chi connectivity index (χ0n) is 32.1. The summed E-state index contributed by atoms with van der Waals surface area (Å²) in [6.45, 7) is 0.408. The normalized spacial score (nSPS) is 21.0. The number of aromatic amines is 1. The number of fused-ring (bicyclic) bond motifs is 2. The minimum Gasteiger partial charge on any atom is -0.386 e. The molecule has 7 atom stereocenters. The van der Waals surface area contributed by atoms with Gasteiger partial charge in [-0.15, -0.1) is 0 Å². The van der Waals surface area contributed by atoms with E-state index in [-0.39, 0.29) is 47.4 Å². The number of nitrogens with two attached hydrogens (primary N) is 1. The van der Waals surface area contributed by atoms with Crippen LogP contribution in [0.5, 0.6) is 0 Å². The summed E-state index contributed by atoms with van der Waals surface area (Å²) in [5.41, 5.74) is 5.95. The Morgan fingerprint density at radius 3 is 2.51 bits per heavy atom. The number of aromatic nitrogens is 5. The number of nitrogens with zero attached hydrogens (tertiary/aromatic N) is 4. The summed E-state index contributed by atoms with van der Waals surface area (Å²) in [5, 5.41) is 27.2. The molecular formula is C32H43N8O17P3S. The highest BCUT2D eigenvalue weighted by atomic mass is 32.2. The molecule has 0 saturated carbocycles. The first kappa shape index (κ1) is 48.1. The Morgan fingerprint density at radius 1 is 1.07 bits per heavy atom. The third kappa shape index (κ3) is 13.5. The van der Waals surface area contributed by atoms with Gasteiger partial charge in [0.05, 0.1) is 19.5 Å². The predicted octanol–water partition coefficient (Wildman–Crippen LogP) is 0.859. The van der Waals surface area contributed by atoms with Crippen LogP contribution in [0.3, 0.4) is 0 Å². The number of benzene rings is 1. The maximum atomic E-state index is 12.7. The Balaban J connectivity index is 1.03. The van der Waals surface area contributed by atoms with Crippen molar-refractivity contribution in [3.8, 4) is 0 Å². The molecular weight excluding hydrogens is 893 g/mol. The van der Waals surface area contributed by atoms with Crippen molar-refractivity contribution >= 4 is 86.1 Å². The number of amides is 2. The number of carbonyl (C=O) groups is 3. The first-order chi connectivity index (χ1) is 28.5. The lowest BCUT2D eigenvalue weighted by Gasteiger charge is -2.30. The summed E-state index contributed by atoms with van der Waals surface area (Å²) in [7, 11) is -16.4. The molecule has 0 bridgehead atoms. The summed E-state index contributed by atoms with van der Waals surface area (Å²) >= 11 is 0.996. The Kier molecular flexibility index (Phi) is 15.8. The van der Waals surface area contributed by atoms with Crippen molar-refractivity contribution in [3.63, 3.8) is 0 Å². The Morgan fingerprint density at radius 2 is 1.79 bits per heavy atom. The maximum absolute atomic E-state index is 12.7. The van der Waals surface area contributed by atoms with Gasteiger partial charge >= 0.3 is 23.5 Å². The number of rotatable bonds is 21. The van der Waals surface area contributed by atoms with E-state index < -0.39 is 84.6 Å². The maximum Gasteiger partial charge on any atom is 0.481 e. The molecule has 0 radical (unpaired) electrons. The number of anilines is 1. The Hall–Kier alpha value is -3.94. The van der Waals surface area contributed by atoms with Gasteiger partial charge in [-0.05, 0) is 29.7 Å². The molecule has 25 nitrogen and oxygen atoms in total. The lowest BCUT2D eigenvalue weighted by molar-refractivity contribution is -0.137. The Bertz CT molecular complexity index is 2360. The molecule has 3 aromatic heterocycles. The molecule has 1 fully saturated rings. The topological polar surface area (TPSA) is 379 Å². The fourth-order valence-corrected chi connectivity index (χ4v) is 9.07. The minimum atomic E-state index is -5.58. The van der Waals surface area contributed by atoms with Gasteiger partial charge in [-0.3, -0.25) is 32.5 Å². The summed E-state index contributed by atoms with van der Waals surface area (Å²) in [4.78, 5) is 91.3. The van der Waals surface area contributed by atoms with Crippen LogP contribution in [0.4, 0.5) is 5.82 Å². The fourth-order valence-electron chi connectivity index (χ4n) is 5.67. The van der Waals surface area contributed by atoms with Crippen molar-refractivity contribution in [1.29, 1.82) is 0 Å². The summed E-state index contributed by atoms with van der Waals surface area (Å²) in [5.74, 6) is -1.21. The van der Waals surface area contributed by atoms with E-state index in [4.69, 9.17) is 19.5 Å². The molecule has 1 saturated heterocycles. The average Bonchev–Trinajstić information content (AvgIpc) is 3.88. The number of phosphoric ester groups is 3. The van der Waals surface area contributed by atoms with Crippen LogP contribution in [0.2, 0.25) is 0 Å². The van der Waals surface area contributed by atoms with Crippen LogP contribution in [0.15, 0.2) is 49.1 Å². The highest BCUT2D eigenvalue weighted by Gasteiger charge is 2.50. The predicted molar refractivity (Wildman–Crippen MR) is 214 cm³/mol. The molecule has 0 aliphatic carbocycles. The minimum absolute atomic E-state index is 0.0276. The van der Waals surface area contributed by atoms with E-state index in [1.54, 1.807) is 6.08 Å². The van der Waals surface area contributed by atoms with Crippen LogP contribution in [0, 0.1) is 5.41 Å². The summed E-state index contributed by atoms with van der Waals surface area (Å²) < 4.78 is 62.3. The third-order valence-electron chi connectivity index (χ3n) is 8.70. The van der Waals surface area contributed by atoms with Gasteiger partial charge < -0.3 is 55.9 Å². The van der Waals surface area contributed by atoms with Crippen molar-refractivity contribution < 1.29 is 80.5 Å². The molecule has 29 heteroatoms. The van der Waals surface area contributed by atoms with E-state index in [1.807, 2.05) is 30.3 Å². The molecule has 334 valence electrons. The highest BCUT2D eigenvalue weighted by molar-refractivity contribution is 8.14. The molecule has 4 aromatic rings. The van der Waals surface area contributed by atoms with E-state index in [0.717, 1.165) is 45.6 Å². The molecule has 2 amide bonds. The number of imidazole rings is 1. The van der Waals surface area contributed by atoms with Crippen LogP contribution in [-0.2, 0) is 50.7 Å². The number of carbonyl (C=O) groups excluding carboxylic acids is 3. The molecule has 3 unspecified atom stereocenters. The van der Waals surface area contributed by atoms with Crippen LogP contribution < -0.4 is 16.4 Å². The first-order valence-corrected chi connectivity index (χ1v) is 23.4. The van der Waals surface area contributed by atoms with E-state index in [9.17, 15) is 57.9 Å². The van der Waals surface area contributed by atoms with Gasteiger partial charge in [0, 0.05) is 41.9 Å². The number of hydrogen-bond donors (Lipinski definition) is 10. The summed E-state index contributed by atoms with van der Waals surface area (Å²) in [6.07, 6.45) is -3.90. The smallest absolute Gasteiger partial charge is 0.386 e. The molecule has 0 spiro atoms. The molecule has 11 N–H and O–H groups in total. The largest absolute Gasteiger partial charge is 0.481 e. The van der Waals surface area contributed by atoms with Gasteiger partial charge in [0.25, 0.3) is 0 Å². The van der Waals surface area contributed by atoms with E-state index in [2.05, 4.69) is 39.4 Å². The van der Waals surface area contributed by atoms with Gasteiger partial charge in [0.1, 0.15) is 36.3 Å². The number of nitrogen functional groups attached to an aromatic ring is 1. The van der Waals surface area contributed by atoms with Crippen molar-refractivity contribution in [2.24, 2.45) is 5.41 Å². The average molecular weight is 937 g/mol. The lowest BCUT2D eigenvalue weighted by Crippen LogP contribution is -2.46. The number of ether oxygens (including phenoxy) is 1. The van der Waals surface area contributed by atoms with Crippen molar-refractivity contribution in [2.45, 2.75) is 50.9 Å². The van der Waals surface area contributed by atoms with Crippen LogP contribution >= 0.6 is 35.2 Å². The number of hydrogen-bond acceptors (Lipinski definition) is 18.